The number of rotatable bonds is 6. The van der Waals surface area contributed by atoms with Crippen LogP contribution in [0.25, 0.3) is 0 Å². The minimum absolute atomic E-state index is 0.0444. The third-order valence-corrected chi connectivity index (χ3v) is 4.19. The lowest BCUT2D eigenvalue weighted by Crippen LogP contribution is -2.35. The Bertz CT molecular complexity index is 315. The van der Waals surface area contributed by atoms with Gasteiger partial charge in [0, 0.05) is 12.8 Å². The van der Waals surface area contributed by atoms with E-state index in [0.29, 0.717) is 24.2 Å². The first kappa shape index (κ1) is 16.5. The van der Waals surface area contributed by atoms with Crippen LogP contribution in [0, 0.1) is 17.8 Å². The molecule has 19 heavy (non-hydrogen) atoms. The second-order valence-electron chi connectivity index (χ2n) is 6.06. The minimum atomic E-state index is -0.390. The molecule has 0 saturated heterocycles. The quantitative estimate of drug-likeness (QED) is 0.549. The van der Waals surface area contributed by atoms with Crippen molar-refractivity contribution in [1.29, 1.82) is 0 Å². The molecule has 0 radical (unpaired) electrons. The van der Waals surface area contributed by atoms with Gasteiger partial charge >= 0.3 is 5.97 Å². The molecule has 0 aliphatic heterocycles. The molecule has 0 aromatic heterocycles. The van der Waals surface area contributed by atoms with Crippen LogP contribution in [0.15, 0.2) is 0 Å². The molecule has 0 unspecified atom stereocenters. The molecule has 0 N–H and O–H groups in total. The van der Waals surface area contributed by atoms with E-state index in [1.54, 1.807) is 0 Å². The molecule has 0 spiro atoms. The molecule has 0 bridgehead atoms. The summed E-state index contributed by atoms with van der Waals surface area (Å²) in [6.07, 6.45) is 4.37. The van der Waals surface area contributed by atoms with Crippen molar-refractivity contribution < 1.29 is 14.3 Å². The normalized spacial score (nSPS) is 27.3. The second-order valence-corrected chi connectivity index (χ2v) is 6.48. The first-order valence-corrected chi connectivity index (χ1v) is 7.65. The van der Waals surface area contributed by atoms with E-state index in [4.69, 9.17) is 16.3 Å². The molecule has 110 valence electrons. The molecular formula is C15H25ClO3. The Balaban J connectivity index is 2.42. The summed E-state index contributed by atoms with van der Waals surface area (Å²) in [7, 11) is 0. The van der Waals surface area contributed by atoms with Crippen molar-refractivity contribution in [1.82, 2.24) is 0 Å². The molecule has 0 aromatic carbocycles. The minimum Gasteiger partial charge on any atom is -0.462 e. The third-order valence-electron chi connectivity index (χ3n) is 4.00. The van der Waals surface area contributed by atoms with E-state index in [9.17, 15) is 9.59 Å². The van der Waals surface area contributed by atoms with Crippen molar-refractivity contribution in [3.05, 3.63) is 0 Å². The maximum atomic E-state index is 11.8. The van der Waals surface area contributed by atoms with Gasteiger partial charge in [0.2, 0.25) is 5.24 Å². The highest BCUT2D eigenvalue weighted by atomic mass is 35.5. The summed E-state index contributed by atoms with van der Waals surface area (Å²) in [6, 6.07) is 0. The summed E-state index contributed by atoms with van der Waals surface area (Å²) in [5, 5.41) is -0.390. The fraction of sp³-hybridized carbons (Fsp3) is 0.867. The molecule has 3 atom stereocenters. The van der Waals surface area contributed by atoms with Crippen molar-refractivity contribution in [3.63, 3.8) is 0 Å². The summed E-state index contributed by atoms with van der Waals surface area (Å²) in [5.74, 6) is 1.43. The highest BCUT2D eigenvalue weighted by molar-refractivity contribution is 6.63. The number of halogens is 1. The van der Waals surface area contributed by atoms with Gasteiger partial charge in [0.15, 0.2) is 0 Å². The van der Waals surface area contributed by atoms with Crippen molar-refractivity contribution >= 4 is 22.8 Å². The Morgan fingerprint density at radius 3 is 2.53 bits per heavy atom. The maximum Gasteiger partial charge on any atom is 0.306 e. The number of ether oxygens (including phenoxy) is 1. The van der Waals surface area contributed by atoms with Gasteiger partial charge in [0.25, 0.3) is 0 Å². The SMILES string of the molecule is CC(C)[C@@H]1CC[C@@H](C)C[C@H]1OC(=O)CCCC(=O)Cl. The topological polar surface area (TPSA) is 43.4 Å². The molecule has 1 saturated carbocycles. The van der Waals surface area contributed by atoms with Gasteiger partial charge in [-0.3, -0.25) is 9.59 Å². The van der Waals surface area contributed by atoms with Crippen LogP contribution in [0.2, 0.25) is 0 Å². The molecule has 1 rings (SSSR count). The predicted octanol–water partition coefficient (Wildman–Crippen LogP) is 3.93. The van der Waals surface area contributed by atoms with E-state index >= 15 is 0 Å². The van der Waals surface area contributed by atoms with Crippen LogP contribution >= 0.6 is 11.6 Å². The lowest BCUT2D eigenvalue weighted by molar-refractivity contribution is -0.156. The summed E-state index contributed by atoms with van der Waals surface area (Å²) >= 11 is 5.25. The summed E-state index contributed by atoms with van der Waals surface area (Å²) in [5.41, 5.74) is 0. The summed E-state index contributed by atoms with van der Waals surface area (Å²) in [6.45, 7) is 6.59. The zero-order valence-corrected chi connectivity index (χ0v) is 12.9. The van der Waals surface area contributed by atoms with Crippen LogP contribution in [-0.4, -0.2) is 17.3 Å². The standard InChI is InChI=1S/C15H25ClO3/c1-10(2)12-8-7-11(3)9-13(12)19-15(18)6-4-5-14(16)17/h10-13H,4-9H2,1-3H3/t11-,12+,13-/m1/s1. The van der Waals surface area contributed by atoms with Gasteiger partial charge in [-0.25, -0.2) is 0 Å². The zero-order valence-electron chi connectivity index (χ0n) is 12.2. The lowest BCUT2D eigenvalue weighted by Gasteiger charge is -2.36. The van der Waals surface area contributed by atoms with Crippen LogP contribution in [-0.2, 0) is 14.3 Å². The van der Waals surface area contributed by atoms with E-state index in [1.165, 1.54) is 6.42 Å². The molecule has 0 amide bonds. The lowest BCUT2D eigenvalue weighted by atomic mass is 9.75. The molecule has 1 aliphatic carbocycles. The number of hydrogen-bond acceptors (Lipinski definition) is 3. The van der Waals surface area contributed by atoms with Crippen LogP contribution in [0.3, 0.4) is 0 Å². The molecule has 1 aliphatic rings. The molecule has 0 heterocycles. The van der Waals surface area contributed by atoms with Crippen LogP contribution in [0.5, 0.6) is 0 Å². The fourth-order valence-electron chi connectivity index (χ4n) is 2.85. The van der Waals surface area contributed by atoms with E-state index in [-0.39, 0.29) is 30.2 Å². The maximum absolute atomic E-state index is 11.8. The Morgan fingerprint density at radius 2 is 1.95 bits per heavy atom. The molecule has 4 heteroatoms. The van der Waals surface area contributed by atoms with E-state index in [2.05, 4.69) is 20.8 Å². The van der Waals surface area contributed by atoms with Crippen LogP contribution in [0.4, 0.5) is 0 Å². The Labute approximate surface area is 121 Å². The highest BCUT2D eigenvalue weighted by Gasteiger charge is 2.33. The van der Waals surface area contributed by atoms with E-state index in [1.807, 2.05) is 0 Å². The van der Waals surface area contributed by atoms with Crippen LogP contribution < -0.4 is 0 Å². The summed E-state index contributed by atoms with van der Waals surface area (Å²) < 4.78 is 5.62. The summed E-state index contributed by atoms with van der Waals surface area (Å²) in [4.78, 5) is 22.4. The van der Waals surface area contributed by atoms with Gasteiger partial charge in [0.05, 0.1) is 0 Å². The molecule has 3 nitrogen and oxygen atoms in total. The van der Waals surface area contributed by atoms with Gasteiger partial charge in [-0.1, -0.05) is 27.2 Å². The Kier molecular flexibility index (Phi) is 6.84. The van der Waals surface area contributed by atoms with Gasteiger partial charge in [0.1, 0.15) is 6.10 Å². The third kappa shape index (κ3) is 5.94. The fourth-order valence-corrected chi connectivity index (χ4v) is 2.98. The average molecular weight is 289 g/mol. The first-order valence-electron chi connectivity index (χ1n) is 7.28. The monoisotopic (exact) mass is 288 g/mol. The van der Waals surface area contributed by atoms with Gasteiger partial charge in [-0.15, -0.1) is 0 Å². The van der Waals surface area contributed by atoms with Crippen molar-refractivity contribution in [2.24, 2.45) is 17.8 Å². The predicted molar refractivity (Wildman–Crippen MR) is 75.9 cm³/mol. The first-order chi connectivity index (χ1) is 8.90. The molecule has 1 fully saturated rings. The van der Waals surface area contributed by atoms with Crippen molar-refractivity contribution in [2.45, 2.75) is 65.4 Å². The molecule has 0 aromatic rings. The number of esters is 1. The van der Waals surface area contributed by atoms with Crippen molar-refractivity contribution in [2.75, 3.05) is 0 Å². The Hall–Kier alpha value is -0.570. The smallest absolute Gasteiger partial charge is 0.306 e. The van der Waals surface area contributed by atoms with Gasteiger partial charge < -0.3 is 4.74 Å². The molecular weight excluding hydrogens is 264 g/mol. The number of carbonyl (C=O) groups is 2. The van der Waals surface area contributed by atoms with Crippen LogP contribution in [0.1, 0.15) is 59.3 Å². The second kappa shape index (κ2) is 7.88. The zero-order chi connectivity index (χ0) is 14.4. The highest BCUT2D eigenvalue weighted by Crippen LogP contribution is 2.35. The van der Waals surface area contributed by atoms with E-state index in [0.717, 1.165) is 12.8 Å². The Morgan fingerprint density at radius 1 is 1.26 bits per heavy atom. The largest absolute Gasteiger partial charge is 0.462 e. The number of carbonyl (C=O) groups excluding carboxylic acids is 2. The van der Waals surface area contributed by atoms with Gasteiger partial charge in [-0.05, 0) is 48.6 Å². The van der Waals surface area contributed by atoms with E-state index < -0.39 is 0 Å². The average Bonchev–Trinajstić information content (AvgIpc) is 2.27. The van der Waals surface area contributed by atoms with Crippen molar-refractivity contribution in [3.8, 4) is 0 Å². The number of hydrogen-bond donors (Lipinski definition) is 0. The van der Waals surface area contributed by atoms with Gasteiger partial charge in [-0.2, -0.15) is 0 Å².